The summed E-state index contributed by atoms with van der Waals surface area (Å²) in [5.74, 6) is 0.270. The zero-order valence-electron chi connectivity index (χ0n) is 10.2. The molecule has 0 spiro atoms. The number of nitrogens with zero attached hydrogens (tertiary/aromatic N) is 3. The van der Waals surface area contributed by atoms with Crippen molar-refractivity contribution in [2.24, 2.45) is 21.5 Å². The molecular weight excluding hydrogens is 282 g/mol. The lowest BCUT2D eigenvalue weighted by Crippen LogP contribution is -2.19. The number of rotatable bonds is 2. The van der Waals surface area contributed by atoms with E-state index in [1.165, 1.54) is 11.3 Å². The minimum absolute atomic E-state index is 0.0479. The van der Waals surface area contributed by atoms with Crippen LogP contribution in [0, 0.1) is 6.92 Å². The number of thiazole rings is 1. The summed E-state index contributed by atoms with van der Waals surface area (Å²) < 4.78 is 0. The van der Waals surface area contributed by atoms with E-state index < -0.39 is 0 Å². The number of aliphatic imine (C=N–C) groups is 2. The van der Waals surface area contributed by atoms with Crippen molar-refractivity contribution in [1.82, 2.24) is 4.98 Å². The van der Waals surface area contributed by atoms with Gasteiger partial charge in [0.2, 0.25) is 11.1 Å². The number of amidine groups is 1. The minimum atomic E-state index is 0.0479. The minimum Gasteiger partial charge on any atom is -0.383 e. The van der Waals surface area contributed by atoms with E-state index in [-0.39, 0.29) is 11.8 Å². The van der Waals surface area contributed by atoms with Gasteiger partial charge in [0, 0.05) is 10.9 Å². The zero-order chi connectivity index (χ0) is 13.8. The van der Waals surface area contributed by atoms with Gasteiger partial charge in [0.25, 0.3) is 0 Å². The first-order chi connectivity index (χ1) is 9.06. The standard InChI is InChI=1S/C12H12ClN5S/c1-7-6-19-12(16-7)18-11(15)17-10(14)8-4-2-3-5-9(8)13/h2-6H,1H3,(H4,14,15,16,17,18). The van der Waals surface area contributed by atoms with E-state index >= 15 is 0 Å². The highest BCUT2D eigenvalue weighted by molar-refractivity contribution is 7.13. The van der Waals surface area contributed by atoms with Gasteiger partial charge in [-0.25, -0.2) is 4.98 Å². The molecule has 19 heavy (non-hydrogen) atoms. The molecule has 0 amide bonds. The fourth-order valence-corrected chi connectivity index (χ4v) is 2.27. The largest absolute Gasteiger partial charge is 0.383 e. The Hall–Kier alpha value is -1.92. The molecule has 0 radical (unpaired) electrons. The molecule has 1 aromatic heterocycles. The molecule has 98 valence electrons. The summed E-state index contributed by atoms with van der Waals surface area (Å²) in [6, 6.07) is 7.13. The van der Waals surface area contributed by atoms with E-state index in [2.05, 4.69) is 15.0 Å². The maximum absolute atomic E-state index is 6.01. The lowest BCUT2D eigenvalue weighted by Gasteiger charge is -2.02. The SMILES string of the molecule is Cc1csc(N=C(N)N=C(N)c2ccccc2Cl)n1. The Morgan fingerprint density at radius 2 is 2.05 bits per heavy atom. The third-order valence-corrected chi connectivity index (χ3v) is 3.38. The van der Waals surface area contributed by atoms with Crippen LogP contribution in [-0.2, 0) is 0 Å². The number of hydrogen-bond donors (Lipinski definition) is 2. The fraction of sp³-hybridized carbons (Fsp3) is 0.0833. The molecule has 0 aliphatic carbocycles. The molecule has 2 aromatic rings. The van der Waals surface area contributed by atoms with Crippen LogP contribution >= 0.6 is 22.9 Å². The third-order valence-electron chi connectivity index (χ3n) is 2.20. The topological polar surface area (TPSA) is 89.6 Å². The van der Waals surface area contributed by atoms with Gasteiger partial charge in [-0.15, -0.1) is 11.3 Å². The second-order valence-corrected chi connectivity index (χ2v) is 4.96. The number of hydrogen-bond acceptors (Lipinski definition) is 3. The van der Waals surface area contributed by atoms with Crippen LogP contribution in [0.1, 0.15) is 11.3 Å². The summed E-state index contributed by atoms with van der Waals surface area (Å²) in [7, 11) is 0. The highest BCUT2D eigenvalue weighted by atomic mass is 35.5. The van der Waals surface area contributed by atoms with Crippen LogP contribution in [0.4, 0.5) is 5.13 Å². The van der Waals surface area contributed by atoms with Crippen molar-refractivity contribution in [2.45, 2.75) is 6.92 Å². The van der Waals surface area contributed by atoms with Gasteiger partial charge in [-0.05, 0) is 19.1 Å². The van der Waals surface area contributed by atoms with E-state index in [9.17, 15) is 0 Å². The molecule has 2 rings (SSSR count). The van der Waals surface area contributed by atoms with Crippen LogP contribution in [-0.4, -0.2) is 16.8 Å². The van der Waals surface area contributed by atoms with Gasteiger partial charge < -0.3 is 11.5 Å². The number of benzene rings is 1. The van der Waals surface area contributed by atoms with Crippen molar-refractivity contribution in [3.63, 3.8) is 0 Å². The van der Waals surface area contributed by atoms with Gasteiger partial charge >= 0.3 is 0 Å². The van der Waals surface area contributed by atoms with Gasteiger partial charge in [-0.2, -0.15) is 9.98 Å². The second kappa shape index (κ2) is 5.81. The van der Waals surface area contributed by atoms with E-state index in [0.717, 1.165) is 5.69 Å². The first kappa shape index (κ1) is 13.5. The normalized spacial score (nSPS) is 12.7. The van der Waals surface area contributed by atoms with E-state index in [1.54, 1.807) is 12.1 Å². The first-order valence-electron chi connectivity index (χ1n) is 5.41. The van der Waals surface area contributed by atoms with Gasteiger partial charge in [-0.1, -0.05) is 23.7 Å². The first-order valence-corrected chi connectivity index (χ1v) is 6.67. The molecule has 0 atom stereocenters. The fourth-order valence-electron chi connectivity index (χ4n) is 1.37. The van der Waals surface area contributed by atoms with Gasteiger partial charge in [0.05, 0.1) is 10.7 Å². The van der Waals surface area contributed by atoms with Gasteiger partial charge in [0.15, 0.2) is 0 Å². The predicted molar refractivity (Wildman–Crippen MR) is 80.3 cm³/mol. The Kier molecular flexibility index (Phi) is 4.13. The molecule has 0 saturated carbocycles. The average molecular weight is 294 g/mol. The molecule has 4 N–H and O–H groups in total. The summed E-state index contributed by atoms with van der Waals surface area (Å²) in [5, 5.41) is 2.94. The zero-order valence-corrected chi connectivity index (χ0v) is 11.7. The molecule has 7 heteroatoms. The summed E-state index contributed by atoms with van der Waals surface area (Å²) >= 11 is 7.40. The van der Waals surface area contributed by atoms with Crippen LogP contribution < -0.4 is 11.5 Å². The Labute approximate surface area is 119 Å². The lowest BCUT2D eigenvalue weighted by atomic mass is 10.2. The average Bonchev–Trinajstić information content (AvgIpc) is 2.74. The van der Waals surface area contributed by atoms with Crippen molar-refractivity contribution in [1.29, 1.82) is 0 Å². The van der Waals surface area contributed by atoms with Crippen LogP contribution in [0.25, 0.3) is 0 Å². The second-order valence-electron chi connectivity index (χ2n) is 3.72. The quantitative estimate of drug-likeness (QED) is 0.658. The summed E-state index contributed by atoms with van der Waals surface area (Å²) in [4.78, 5) is 12.2. The smallest absolute Gasteiger partial charge is 0.224 e. The Bertz CT molecular complexity index is 647. The third kappa shape index (κ3) is 3.52. The Balaban J connectivity index is 2.26. The number of aryl methyl sites for hydroxylation is 1. The summed E-state index contributed by atoms with van der Waals surface area (Å²) in [6.07, 6.45) is 0. The number of nitrogens with two attached hydrogens (primary N) is 2. The molecule has 5 nitrogen and oxygen atoms in total. The van der Waals surface area contributed by atoms with E-state index in [4.69, 9.17) is 23.1 Å². The highest BCUT2D eigenvalue weighted by Crippen LogP contribution is 2.18. The van der Waals surface area contributed by atoms with Crippen molar-refractivity contribution < 1.29 is 0 Å². The van der Waals surface area contributed by atoms with Gasteiger partial charge in [-0.3, -0.25) is 0 Å². The van der Waals surface area contributed by atoms with Crippen molar-refractivity contribution in [3.05, 3.63) is 45.9 Å². The number of halogens is 1. The van der Waals surface area contributed by atoms with E-state index in [0.29, 0.717) is 15.7 Å². The summed E-state index contributed by atoms with van der Waals surface area (Å²) in [5.41, 5.74) is 13.1. The number of guanidine groups is 1. The molecule has 0 bridgehead atoms. The predicted octanol–water partition coefficient (Wildman–Crippen LogP) is 2.46. The summed E-state index contributed by atoms with van der Waals surface area (Å²) in [6.45, 7) is 1.88. The molecule has 0 aliphatic rings. The van der Waals surface area contributed by atoms with Crippen molar-refractivity contribution in [2.75, 3.05) is 0 Å². The maximum atomic E-state index is 6.01. The monoisotopic (exact) mass is 293 g/mol. The van der Waals surface area contributed by atoms with Crippen LogP contribution in [0.5, 0.6) is 0 Å². The molecule has 0 unspecified atom stereocenters. The van der Waals surface area contributed by atoms with Crippen LogP contribution in [0.3, 0.4) is 0 Å². The maximum Gasteiger partial charge on any atom is 0.224 e. The molecule has 0 fully saturated rings. The van der Waals surface area contributed by atoms with E-state index in [1.807, 2.05) is 24.4 Å². The van der Waals surface area contributed by atoms with Crippen LogP contribution in [0.15, 0.2) is 39.6 Å². The van der Waals surface area contributed by atoms with Crippen molar-refractivity contribution >= 4 is 39.9 Å². The molecule has 0 aliphatic heterocycles. The van der Waals surface area contributed by atoms with Gasteiger partial charge in [0.1, 0.15) is 5.84 Å². The highest BCUT2D eigenvalue weighted by Gasteiger charge is 2.04. The molecule has 1 heterocycles. The molecule has 0 saturated heterocycles. The molecular formula is C12H12ClN5S. The Morgan fingerprint density at radius 3 is 2.68 bits per heavy atom. The molecule has 1 aromatic carbocycles. The van der Waals surface area contributed by atoms with Crippen LogP contribution in [0.2, 0.25) is 5.02 Å². The Morgan fingerprint density at radius 1 is 1.32 bits per heavy atom. The number of aromatic nitrogens is 1. The lowest BCUT2D eigenvalue weighted by molar-refractivity contribution is 1.23. The van der Waals surface area contributed by atoms with Crippen molar-refractivity contribution in [3.8, 4) is 0 Å².